The molecule has 6 nitrogen and oxygen atoms in total. The fraction of sp³-hybridized carbons (Fsp3) is 0.0556. The van der Waals surface area contributed by atoms with Crippen LogP contribution in [-0.2, 0) is 0 Å². The van der Waals surface area contributed by atoms with E-state index in [4.69, 9.17) is 4.42 Å². The lowest BCUT2D eigenvalue weighted by atomic mass is 10.1. The van der Waals surface area contributed by atoms with Crippen molar-refractivity contribution in [2.24, 2.45) is 5.10 Å². The fourth-order valence-electron chi connectivity index (χ4n) is 2.22. The van der Waals surface area contributed by atoms with Gasteiger partial charge in [-0.1, -0.05) is 22.0 Å². The van der Waals surface area contributed by atoms with Crippen LogP contribution in [0.4, 0.5) is 11.4 Å². The molecule has 0 aliphatic carbocycles. The van der Waals surface area contributed by atoms with Gasteiger partial charge >= 0.3 is 0 Å². The van der Waals surface area contributed by atoms with Crippen molar-refractivity contribution in [3.8, 4) is 11.3 Å². The number of halogens is 1. The second-order valence-corrected chi connectivity index (χ2v) is 6.21. The lowest BCUT2D eigenvalue weighted by Gasteiger charge is -2.02. The Morgan fingerprint density at radius 2 is 1.92 bits per heavy atom. The molecule has 1 aromatic heterocycles. The molecule has 1 N–H and O–H groups in total. The zero-order valence-corrected chi connectivity index (χ0v) is 14.9. The van der Waals surface area contributed by atoms with Gasteiger partial charge in [0.1, 0.15) is 11.5 Å². The van der Waals surface area contributed by atoms with Crippen LogP contribution in [0.15, 0.2) is 68.6 Å². The summed E-state index contributed by atoms with van der Waals surface area (Å²) < 4.78 is 6.74. The first kappa shape index (κ1) is 16.9. The molecule has 0 aliphatic rings. The highest BCUT2D eigenvalue weighted by Crippen LogP contribution is 2.30. The number of nitro benzene ring substituents is 1. The summed E-state index contributed by atoms with van der Waals surface area (Å²) in [6, 6.07) is 15.8. The Bertz CT molecular complexity index is 933. The molecule has 0 fully saturated rings. The second-order valence-electron chi connectivity index (χ2n) is 5.36. The van der Waals surface area contributed by atoms with Gasteiger partial charge in [-0.3, -0.25) is 15.5 Å². The van der Waals surface area contributed by atoms with Crippen molar-refractivity contribution in [2.45, 2.75) is 6.92 Å². The number of furan rings is 1. The molecule has 1 heterocycles. The largest absolute Gasteiger partial charge is 0.455 e. The van der Waals surface area contributed by atoms with Crippen LogP contribution in [0.25, 0.3) is 11.3 Å². The van der Waals surface area contributed by atoms with Gasteiger partial charge in [-0.05, 0) is 48.9 Å². The van der Waals surface area contributed by atoms with Gasteiger partial charge in [-0.15, -0.1) is 0 Å². The van der Waals surface area contributed by atoms with E-state index in [1.807, 2.05) is 37.3 Å². The van der Waals surface area contributed by atoms with E-state index in [9.17, 15) is 10.1 Å². The number of hydrazone groups is 1. The summed E-state index contributed by atoms with van der Waals surface area (Å²) in [4.78, 5) is 10.2. The summed E-state index contributed by atoms with van der Waals surface area (Å²) in [5.41, 5.74) is 5.62. The van der Waals surface area contributed by atoms with E-state index in [0.717, 1.165) is 21.4 Å². The number of nitrogens with one attached hydrogen (secondary N) is 1. The lowest BCUT2D eigenvalue weighted by molar-refractivity contribution is -0.384. The van der Waals surface area contributed by atoms with Crippen molar-refractivity contribution in [3.63, 3.8) is 0 Å². The zero-order valence-electron chi connectivity index (χ0n) is 13.3. The number of hydrogen-bond donors (Lipinski definition) is 1. The van der Waals surface area contributed by atoms with E-state index in [0.29, 0.717) is 11.4 Å². The van der Waals surface area contributed by atoms with Gasteiger partial charge in [0.2, 0.25) is 0 Å². The van der Waals surface area contributed by atoms with E-state index in [-0.39, 0.29) is 5.69 Å². The normalized spacial score (nSPS) is 11.0. The van der Waals surface area contributed by atoms with Crippen LogP contribution < -0.4 is 5.43 Å². The molecule has 0 bridgehead atoms. The van der Waals surface area contributed by atoms with E-state index >= 15 is 0 Å². The predicted octanol–water partition coefficient (Wildman–Crippen LogP) is 5.37. The van der Waals surface area contributed by atoms with Crippen molar-refractivity contribution in [1.82, 2.24) is 0 Å². The Morgan fingerprint density at radius 3 is 2.60 bits per heavy atom. The van der Waals surface area contributed by atoms with Crippen molar-refractivity contribution in [3.05, 3.63) is 80.5 Å². The van der Waals surface area contributed by atoms with E-state index in [2.05, 4.69) is 26.5 Å². The van der Waals surface area contributed by atoms with Gasteiger partial charge in [-0.25, -0.2) is 0 Å². The monoisotopic (exact) mass is 399 g/mol. The van der Waals surface area contributed by atoms with Crippen LogP contribution in [0.5, 0.6) is 0 Å². The first-order valence-electron chi connectivity index (χ1n) is 7.43. The van der Waals surface area contributed by atoms with Gasteiger partial charge in [0, 0.05) is 22.2 Å². The fourth-order valence-corrected chi connectivity index (χ4v) is 2.90. The van der Waals surface area contributed by atoms with E-state index in [1.165, 1.54) is 12.1 Å². The first-order valence-corrected chi connectivity index (χ1v) is 8.22. The highest BCUT2D eigenvalue weighted by Gasteiger charge is 2.08. The highest BCUT2D eigenvalue weighted by atomic mass is 79.9. The number of nitro groups is 1. The van der Waals surface area contributed by atoms with Crippen LogP contribution in [0.1, 0.15) is 11.3 Å². The molecule has 0 amide bonds. The summed E-state index contributed by atoms with van der Waals surface area (Å²) >= 11 is 3.54. The van der Waals surface area contributed by atoms with Crippen molar-refractivity contribution in [2.75, 3.05) is 5.43 Å². The molecule has 3 rings (SSSR count). The minimum absolute atomic E-state index is 0.0360. The van der Waals surface area contributed by atoms with Crippen LogP contribution in [0, 0.1) is 17.0 Å². The predicted molar refractivity (Wildman–Crippen MR) is 101 cm³/mol. The first-order chi connectivity index (χ1) is 12.0. The second kappa shape index (κ2) is 7.31. The molecule has 0 saturated carbocycles. The van der Waals surface area contributed by atoms with Crippen molar-refractivity contribution >= 4 is 33.5 Å². The Hall–Kier alpha value is -2.93. The maximum atomic E-state index is 10.6. The minimum Gasteiger partial charge on any atom is -0.455 e. The van der Waals surface area contributed by atoms with E-state index in [1.54, 1.807) is 18.3 Å². The maximum Gasteiger partial charge on any atom is 0.269 e. The average Bonchev–Trinajstić information content (AvgIpc) is 3.04. The molecule has 0 spiro atoms. The van der Waals surface area contributed by atoms with Crippen molar-refractivity contribution < 1.29 is 9.34 Å². The lowest BCUT2D eigenvalue weighted by Crippen LogP contribution is -1.91. The molecule has 2 aromatic carbocycles. The Balaban J connectivity index is 1.68. The number of anilines is 1. The van der Waals surface area contributed by atoms with Crippen LogP contribution in [0.2, 0.25) is 0 Å². The maximum absolute atomic E-state index is 10.6. The number of benzene rings is 2. The third-order valence-electron chi connectivity index (χ3n) is 3.48. The van der Waals surface area contributed by atoms with Crippen molar-refractivity contribution in [1.29, 1.82) is 0 Å². The summed E-state index contributed by atoms with van der Waals surface area (Å²) in [6.07, 6.45) is 1.55. The quantitative estimate of drug-likeness (QED) is 0.355. The standard InChI is InChI=1S/C18H14BrN3O3/c1-12-2-8-16(17(19)10-12)18-9-7-15(25-18)11-20-21-13-3-5-14(6-4-13)22(23)24/h2-11,21H,1H3/b20-11-. The Kier molecular flexibility index (Phi) is 4.95. The molecular weight excluding hydrogens is 386 g/mol. The summed E-state index contributed by atoms with van der Waals surface area (Å²) in [6.45, 7) is 2.03. The molecule has 0 unspecified atom stereocenters. The number of rotatable bonds is 5. The minimum atomic E-state index is -0.444. The Labute approximate surface area is 152 Å². The Morgan fingerprint density at radius 1 is 1.16 bits per heavy atom. The molecule has 0 atom stereocenters. The molecule has 7 heteroatoms. The highest BCUT2D eigenvalue weighted by molar-refractivity contribution is 9.10. The molecule has 25 heavy (non-hydrogen) atoms. The third-order valence-corrected chi connectivity index (χ3v) is 4.14. The topological polar surface area (TPSA) is 80.7 Å². The molecule has 0 aliphatic heterocycles. The number of aryl methyl sites for hydroxylation is 1. The molecule has 126 valence electrons. The van der Waals surface area contributed by atoms with Gasteiger partial charge in [0.15, 0.2) is 0 Å². The van der Waals surface area contributed by atoms with E-state index < -0.39 is 4.92 Å². The summed E-state index contributed by atoms with van der Waals surface area (Å²) in [5, 5.41) is 14.7. The average molecular weight is 400 g/mol. The zero-order chi connectivity index (χ0) is 17.8. The van der Waals surface area contributed by atoms with Crippen LogP contribution in [0.3, 0.4) is 0 Å². The number of hydrogen-bond acceptors (Lipinski definition) is 5. The van der Waals surface area contributed by atoms with Gasteiger partial charge in [0.25, 0.3) is 5.69 Å². The van der Waals surface area contributed by atoms with Crippen LogP contribution in [-0.4, -0.2) is 11.1 Å². The SMILES string of the molecule is Cc1ccc(-c2ccc(/C=N\Nc3ccc([N+](=O)[O-])cc3)o2)c(Br)c1. The molecule has 0 radical (unpaired) electrons. The smallest absolute Gasteiger partial charge is 0.269 e. The molecule has 0 saturated heterocycles. The summed E-state index contributed by atoms with van der Waals surface area (Å²) in [7, 11) is 0. The number of nitrogens with zero attached hydrogens (tertiary/aromatic N) is 2. The molecule has 3 aromatic rings. The van der Waals surface area contributed by atoms with Gasteiger partial charge in [0.05, 0.1) is 16.8 Å². The number of non-ortho nitro benzene ring substituents is 1. The summed E-state index contributed by atoms with van der Waals surface area (Å²) in [5.74, 6) is 1.33. The van der Waals surface area contributed by atoms with Crippen LogP contribution >= 0.6 is 15.9 Å². The third kappa shape index (κ3) is 4.13. The van der Waals surface area contributed by atoms with Gasteiger partial charge < -0.3 is 4.42 Å². The molecular formula is C18H14BrN3O3. The van der Waals surface area contributed by atoms with Gasteiger partial charge in [-0.2, -0.15) is 5.10 Å².